The van der Waals surface area contributed by atoms with Crippen LogP contribution in [0.1, 0.15) is 69.3 Å². The Bertz CT molecular complexity index is 3180. The molecule has 4 aromatic carbocycles. The maximum atomic E-state index is 12.9. The Balaban J connectivity index is 0.000000289. The highest BCUT2D eigenvalue weighted by Crippen LogP contribution is 2.39. The van der Waals surface area contributed by atoms with Crippen LogP contribution in [-0.2, 0) is 60.3 Å². The van der Waals surface area contributed by atoms with E-state index in [1.807, 2.05) is 92.0 Å². The molecule has 0 aliphatic heterocycles. The van der Waals surface area contributed by atoms with Crippen LogP contribution in [0.2, 0.25) is 20.1 Å². The van der Waals surface area contributed by atoms with E-state index >= 15 is 0 Å². The fourth-order valence-corrected chi connectivity index (χ4v) is 12.5. The molecule has 0 radical (unpaired) electrons. The van der Waals surface area contributed by atoms with E-state index in [0.29, 0.717) is 55.3 Å². The Morgan fingerprint density at radius 3 is 1.39 bits per heavy atom. The van der Waals surface area contributed by atoms with E-state index in [1.54, 1.807) is 45.0 Å². The van der Waals surface area contributed by atoms with Crippen LogP contribution in [0, 0.1) is 11.8 Å². The molecule has 2 aromatic heterocycles. The van der Waals surface area contributed by atoms with Crippen molar-refractivity contribution in [1.29, 1.82) is 0 Å². The molecule has 0 spiro atoms. The van der Waals surface area contributed by atoms with E-state index in [9.17, 15) is 31.2 Å². The molecular weight excluding hydrogens is 1150 g/mol. The van der Waals surface area contributed by atoms with Crippen LogP contribution in [-0.4, -0.2) is 88.0 Å². The van der Waals surface area contributed by atoms with E-state index in [0.717, 1.165) is 56.2 Å². The summed E-state index contributed by atoms with van der Waals surface area (Å²) in [5.41, 5.74) is 9.71. The van der Waals surface area contributed by atoms with Crippen molar-refractivity contribution in [3.8, 4) is 22.5 Å². The number of alkyl carbamates (subject to hydrolysis) is 1. The molecule has 16 nitrogen and oxygen atoms in total. The highest BCUT2D eigenvalue weighted by molar-refractivity contribution is 7.90. The van der Waals surface area contributed by atoms with Crippen LogP contribution >= 0.6 is 69.1 Å². The van der Waals surface area contributed by atoms with Gasteiger partial charge in [0.15, 0.2) is 10.3 Å². The van der Waals surface area contributed by atoms with Crippen molar-refractivity contribution >= 4 is 117 Å². The van der Waals surface area contributed by atoms with Gasteiger partial charge in [-0.2, -0.15) is 0 Å². The number of amides is 3. The average Bonchev–Trinajstić information content (AvgIpc) is 3.96. The minimum atomic E-state index is -4.03. The molecule has 0 unspecified atom stereocenters. The summed E-state index contributed by atoms with van der Waals surface area (Å²) in [5, 5.41) is 5.36. The maximum absolute atomic E-state index is 12.9. The second-order valence-electron chi connectivity index (χ2n) is 19.6. The molecule has 416 valence electrons. The monoisotopic (exact) mass is 1210 g/mol. The van der Waals surface area contributed by atoms with Gasteiger partial charge >= 0.3 is 6.09 Å². The first-order valence-corrected chi connectivity index (χ1v) is 30.9. The summed E-state index contributed by atoms with van der Waals surface area (Å²) < 4.78 is 59.7. The molecule has 6 rings (SSSR count). The molecule has 2 heterocycles. The van der Waals surface area contributed by atoms with Gasteiger partial charge in [-0.25, -0.2) is 31.6 Å². The predicted octanol–water partition coefficient (Wildman–Crippen LogP) is 11.0. The molecule has 6 aromatic rings. The lowest BCUT2D eigenvalue weighted by molar-refractivity contribution is -0.119. The lowest BCUT2D eigenvalue weighted by atomic mass is 10.0. The second kappa shape index (κ2) is 28.7. The summed E-state index contributed by atoms with van der Waals surface area (Å²) in [5.74, 6) is -1.53. The van der Waals surface area contributed by atoms with Gasteiger partial charge < -0.3 is 25.6 Å². The van der Waals surface area contributed by atoms with Gasteiger partial charge in [-0.1, -0.05) is 147 Å². The number of aromatic nitrogens is 2. The van der Waals surface area contributed by atoms with Gasteiger partial charge in [0.1, 0.15) is 12.1 Å². The third kappa shape index (κ3) is 20.9. The van der Waals surface area contributed by atoms with E-state index in [-0.39, 0.29) is 24.6 Å². The lowest BCUT2D eigenvalue weighted by Crippen LogP contribution is -2.43. The van der Waals surface area contributed by atoms with Crippen molar-refractivity contribution in [2.45, 2.75) is 80.0 Å². The van der Waals surface area contributed by atoms with Gasteiger partial charge in [-0.05, 0) is 80.8 Å². The molecule has 0 atom stereocenters. The SMILES string of the molecule is CC(C)Cc1sc(N(CCS(=O)(=O)NC(=O)CN)Cc2ccccc2)nc1-c1ccc(Cl)c(Cl)c1.CC(C)Cc1sc(N(CCS(=O)(=O)NC(=O)CNC(=O)OC(C)(C)C)Cc2ccccc2)nc1-c1ccc(Cl)c(Cl)c1. The number of nitrogens with zero attached hydrogens (tertiary/aromatic N) is 4. The minimum absolute atomic E-state index is 0.0620. The van der Waals surface area contributed by atoms with Crippen LogP contribution in [0.15, 0.2) is 97.1 Å². The number of ether oxygens (including phenoxy) is 1. The molecule has 77 heavy (non-hydrogen) atoms. The van der Waals surface area contributed by atoms with E-state index in [2.05, 4.69) is 33.0 Å². The van der Waals surface area contributed by atoms with Crippen LogP contribution < -0.4 is 30.3 Å². The number of rotatable bonds is 23. The second-order valence-corrected chi connectivity index (χ2v) is 27.0. The quantitative estimate of drug-likeness (QED) is 0.0469. The average molecular weight is 1210 g/mol. The maximum Gasteiger partial charge on any atom is 0.408 e. The fraction of sp³-hybridized carbons (Fsp3) is 0.377. The highest BCUT2D eigenvalue weighted by atomic mass is 35.5. The van der Waals surface area contributed by atoms with Gasteiger partial charge in [0.05, 0.1) is 49.5 Å². The molecule has 0 fully saturated rings. The number of sulfonamides is 2. The normalized spacial score (nSPS) is 11.7. The molecular formula is C53H64Cl4N8O8S4. The van der Waals surface area contributed by atoms with Crippen molar-refractivity contribution < 1.29 is 36.0 Å². The number of halogens is 4. The summed E-state index contributed by atoms with van der Waals surface area (Å²) in [4.78, 5) is 51.4. The topological polar surface area (TPSA) is 223 Å². The molecule has 0 saturated heterocycles. The number of anilines is 2. The Kier molecular flexibility index (Phi) is 23.4. The predicted molar refractivity (Wildman–Crippen MR) is 314 cm³/mol. The molecule has 3 amide bonds. The lowest BCUT2D eigenvalue weighted by Gasteiger charge is -2.22. The first-order chi connectivity index (χ1) is 36.2. The van der Waals surface area contributed by atoms with Crippen molar-refractivity contribution in [3.05, 3.63) is 138 Å². The zero-order valence-corrected chi connectivity index (χ0v) is 50.0. The van der Waals surface area contributed by atoms with Gasteiger partial charge in [-0.3, -0.25) is 19.0 Å². The minimum Gasteiger partial charge on any atom is -0.444 e. The Hall–Kier alpha value is -5.03. The van der Waals surface area contributed by atoms with Crippen molar-refractivity contribution in [2.24, 2.45) is 17.6 Å². The number of hydrogen-bond donors (Lipinski definition) is 4. The Morgan fingerprint density at radius 1 is 0.623 bits per heavy atom. The molecule has 0 bridgehead atoms. The number of hydrogen-bond acceptors (Lipinski definition) is 15. The molecule has 0 aliphatic carbocycles. The van der Waals surface area contributed by atoms with Gasteiger partial charge in [0, 0.05) is 47.1 Å². The number of nitrogens with two attached hydrogens (primary N) is 1. The summed E-state index contributed by atoms with van der Waals surface area (Å²) in [7, 11) is -7.88. The first-order valence-electron chi connectivity index (χ1n) is 24.4. The van der Waals surface area contributed by atoms with Crippen LogP contribution in [0.5, 0.6) is 0 Å². The molecule has 24 heteroatoms. The van der Waals surface area contributed by atoms with E-state index in [4.69, 9.17) is 66.8 Å². The number of benzene rings is 4. The standard InChI is InChI=1S/C29H36Cl2N4O5S2.C24H28Cl2N4O3S2/c1-19(2)15-24-26(21-11-12-22(30)23(31)16-21)33-27(41-24)35(18-20-9-7-6-8-10-20)13-14-42(38,39)34-25(36)17-32-28(37)40-29(3,4)5;1-16(2)12-21-23(18-8-9-19(25)20(26)13-18)28-24(34-21)30(15-17-6-4-3-5-7-17)10-11-35(32,33)29-22(31)14-27/h6-12,16,19H,13-15,17-18H2,1-5H3,(H,32,37)(H,34,36);3-9,13,16H,10-12,14-15,27H2,1-2H3,(H,29,31). The molecule has 0 saturated carbocycles. The van der Waals surface area contributed by atoms with Gasteiger partial charge in [-0.15, -0.1) is 22.7 Å². The Morgan fingerprint density at radius 2 is 1.03 bits per heavy atom. The summed E-state index contributed by atoms with van der Waals surface area (Å²) in [6.07, 6.45) is 0.755. The molecule has 5 N–H and O–H groups in total. The highest BCUT2D eigenvalue weighted by Gasteiger charge is 2.25. The summed E-state index contributed by atoms with van der Waals surface area (Å²) >= 11 is 27.9. The number of thiazole rings is 2. The van der Waals surface area contributed by atoms with Crippen molar-refractivity contribution in [3.63, 3.8) is 0 Å². The third-order valence-electron chi connectivity index (χ3n) is 10.7. The number of nitrogens with one attached hydrogen (secondary N) is 3. The third-order valence-corrected chi connectivity index (χ3v) is 17.0. The molecule has 0 aliphatic rings. The fourth-order valence-electron chi connectivity index (χ4n) is 7.25. The van der Waals surface area contributed by atoms with E-state index < -0.39 is 56.6 Å². The smallest absolute Gasteiger partial charge is 0.408 e. The summed E-state index contributed by atoms with van der Waals surface area (Å²) in [6.45, 7) is 13.7. The van der Waals surface area contributed by atoms with Crippen molar-refractivity contribution in [2.75, 3.05) is 47.5 Å². The van der Waals surface area contributed by atoms with Gasteiger partial charge in [0.2, 0.25) is 26.0 Å². The summed E-state index contributed by atoms with van der Waals surface area (Å²) in [6, 6.07) is 30.1. The van der Waals surface area contributed by atoms with Crippen molar-refractivity contribution in [1.82, 2.24) is 24.7 Å². The number of carbonyl (C=O) groups excluding carboxylic acids is 3. The largest absolute Gasteiger partial charge is 0.444 e. The van der Waals surface area contributed by atoms with Crippen LogP contribution in [0.3, 0.4) is 0 Å². The zero-order chi connectivity index (χ0) is 56.7. The van der Waals surface area contributed by atoms with Gasteiger partial charge in [0.25, 0.3) is 5.91 Å². The van der Waals surface area contributed by atoms with Crippen LogP contribution in [0.25, 0.3) is 22.5 Å². The Labute approximate surface area is 480 Å². The first kappa shape index (κ1) is 62.8. The number of carbonyl (C=O) groups is 3. The van der Waals surface area contributed by atoms with Crippen LogP contribution in [0.4, 0.5) is 15.1 Å². The van der Waals surface area contributed by atoms with E-state index in [1.165, 1.54) is 22.7 Å². The zero-order valence-electron chi connectivity index (χ0n) is 43.7.